The number of aryl methyl sites for hydroxylation is 1. The highest BCUT2D eigenvalue weighted by Crippen LogP contribution is 2.19. The molecule has 0 aliphatic rings. The Labute approximate surface area is 97.9 Å². The van der Waals surface area contributed by atoms with Crippen LogP contribution in [0.2, 0.25) is 0 Å². The number of nitrogens with zero attached hydrogens (tertiary/aromatic N) is 2. The lowest BCUT2D eigenvalue weighted by Gasteiger charge is -2.05. The summed E-state index contributed by atoms with van der Waals surface area (Å²) in [5, 5.41) is 4.21. The van der Waals surface area contributed by atoms with E-state index < -0.39 is 6.43 Å². The van der Waals surface area contributed by atoms with Crippen LogP contribution in [0.4, 0.5) is 14.6 Å². The molecule has 17 heavy (non-hydrogen) atoms. The highest BCUT2D eigenvalue weighted by Gasteiger charge is 2.07. The number of hydrogen-bond donors (Lipinski definition) is 1. The SMILES string of the molecule is Cc1cc(N)n(Cc2ccc(C(F)F)cc2)n1. The normalized spacial score (nSPS) is 11.1. The molecule has 0 aliphatic carbocycles. The number of aromatic nitrogens is 2. The first-order valence-corrected chi connectivity index (χ1v) is 5.23. The molecule has 0 bridgehead atoms. The quantitative estimate of drug-likeness (QED) is 0.892. The average Bonchev–Trinajstić information content (AvgIpc) is 2.58. The van der Waals surface area contributed by atoms with Crippen LogP contribution in [0.1, 0.15) is 23.2 Å². The van der Waals surface area contributed by atoms with Crippen molar-refractivity contribution in [3.05, 3.63) is 47.2 Å². The van der Waals surface area contributed by atoms with Crippen LogP contribution >= 0.6 is 0 Å². The number of nitrogen functional groups attached to an aromatic ring is 1. The monoisotopic (exact) mass is 237 g/mol. The van der Waals surface area contributed by atoms with Crippen LogP contribution in [-0.4, -0.2) is 9.78 Å². The Morgan fingerprint density at radius 2 is 1.94 bits per heavy atom. The minimum atomic E-state index is -2.43. The highest BCUT2D eigenvalue weighted by atomic mass is 19.3. The molecule has 1 aromatic carbocycles. The molecule has 0 radical (unpaired) electrons. The topological polar surface area (TPSA) is 43.8 Å². The second-order valence-corrected chi connectivity index (χ2v) is 3.91. The summed E-state index contributed by atoms with van der Waals surface area (Å²) >= 11 is 0. The van der Waals surface area contributed by atoms with Crippen molar-refractivity contribution in [2.24, 2.45) is 0 Å². The van der Waals surface area contributed by atoms with Gasteiger partial charge in [-0.1, -0.05) is 24.3 Å². The van der Waals surface area contributed by atoms with Crippen molar-refractivity contribution >= 4 is 5.82 Å². The lowest BCUT2D eigenvalue weighted by atomic mass is 10.1. The number of anilines is 1. The molecule has 0 spiro atoms. The fraction of sp³-hybridized carbons (Fsp3) is 0.250. The first kappa shape index (κ1) is 11.6. The van der Waals surface area contributed by atoms with Crippen molar-refractivity contribution in [1.82, 2.24) is 9.78 Å². The zero-order chi connectivity index (χ0) is 12.4. The second-order valence-electron chi connectivity index (χ2n) is 3.91. The van der Waals surface area contributed by atoms with Crippen LogP contribution in [0.15, 0.2) is 30.3 Å². The smallest absolute Gasteiger partial charge is 0.263 e. The molecule has 0 atom stereocenters. The predicted molar refractivity (Wildman–Crippen MR) is 61.9 cm³/mol. The summed E-state index contributed by atoms with van der Waals surface area (Å²) in [6, 6.07) is 7.95. The molecule has 2 aromatic rings. The van der Waals surface area contributed by atoms with Gasteiger partial charge in [0.25, 0.3) is 6.43 Å². The van der Waals surface area contributed by atoms with Crippen molar-refractivity contribution in [2.75, 3.05) is 5.73 Å². The zero-order valence-corrected chi connectivity index (χ0v) is 9.40. The van der Waals surface area contributed by atoms with Crippen LogP contribution < -0.4 is 5.73 Å². The molecular formula is C12H13F2N3. The van der Waals surface area contributed by atoms with E-state index >= 15 is 0 Å². The van der Waals surface area contributed by atoms with Gasteiger partial charge in [0, 0.05) is 11.6 Å². The van der Waals surface area contributed by atoms with Gasteiger partial charge in [0.2, 0.25) is 0 Å². The molecule has 0 amide bonds. The fourth-order valence-corrected chi connectivity index (χ4v) is 1.63. The molecule has 0 saturated heterocycles. The number of benzene rings is 1. The summed E-state index contributed by atoms with van der Waals surface area (Å²) in [6.07, 6.45) is -2.43. The fourth-order valence-electron chi connectivity index (χ4n) is 1.63. The molecule has 0 unspecified atom stereocenters. The third-order valence-electron chi connectivity index (χ3n) is 2.50. The van der Waals surface area contributed by atoms with Gasteiger partial charge in [-0.3, -0.25) is 0 Å². The largest absolute Gasteiger partial charge is 0.384 e. The third kappa shape index (κ3) is 2.61. The van der Waals surface area contributed by atoms with Gasteiger partial charge in [0.1, 0.15) is 5.82 Å². The van der Waals surface area contributed by atoms with Gasteiger partial charge in [-0.05, 0) is 12.5 Å². The Hall–Kier alpha value is -1.91. The number of nitrogens with two attached hydrogens (primary N) is 1. The number of rotatable bonds is 3. The number of halogens is 2. The van der Waals surface area contributed by atoms with Gasteiger partial charge in [-0.25, -0.2) is 13.5 Å². The molecule has 2 rings (SSSR count). The maximum atomic E-state index is 12.4. The Morgan fingerprint density at radius 1 is 1.29 bits per heavy atom. The first-order valence-electron chi connectivity index (χ1n) is 5.23. The van der Waals surface area contributed by atoms with Crippen molar-refractivity contribution in [1.29, 1.82) is 0 Å². The van der Waals surface area contributed by atoms with E-state index in [0.29, 0.717) is 12.4 Å². The van der Waals surface area contributed by atoms with Crippen molar-refractivity contribution in [3.8, 4) is 0 Å². The molecule has 1 heterocycles. The molecule has 90 valence electrons. The zero-order valence-electron chi connectivity index (χ0n) is 9.40. The molecule has 5 heteroatoms. The average molecular weight is 237 g/mol. The van der Waals surface area contributed by atoms with Gasteiger partial charge in [0.05, 0.1) is 12.2 Å². The Balaban J connectivity index is 2.16. The summed E-state index contributed by atoms with van der Waals surface area (Å²) in [7, 11) is 0. The lowest BCUT2D eigenvalue weighted by molar-refractivity contribution is 0.151. The maximum absolute atomic E-state index is 12.4. The van der Waals surface area contributed by atoms with E-state index in [-0.39, 0.29) is 5.56 Å². The van der Waals surface area contributed by atoms with Gasteiger partial charge < -0.3 is 5.73 Å². The van der Waals surface area contributed by atoms with Crippen LogP contribution in [0.25, 0.3) is 0 Å². The molecule has 0 saturated carbocycles. The minimum Gasteiger partial charge on any atom is -0.384 e. The van der Waals surface area contributed by atoms with Gasteiger partial charge in [-0.2, -0.15) is 5.10 Å². The summed E-state index contributed by atoms with van der Waals surface area (Å²) in [6.45, 7) is 2.34. The minimum absolute atomic E-state index is 0.0263. The number of alkyl halides is 2. The van der Waals surface area contributed by atoms with Crippen molar-refractivity contribution < 1.29 is 8.78 Å². The van der Waals surface area contributed by atoms with Gasteiger partial charge >= 0.3 is 0 Å². The van der Waals surface area contributed by atoms with E-state index in [1.54, 1.807) is 22.9 Å². The molecule has 0 aliphatic heterocycles. The molecule has 2 N–H and O–H groups in total. The lowest BCUT2D eigenvalue weighted by Crippen LogP contribution is -2.05. The van der Waals surface area contributed by atoms with E-state index in [1.165, 1.54) is 12.1 Å². The van der Waals surface area contributed by atoms with Crippen LogP contribution in [0.3, 0.4) is 0 Å². The number of hydrogen-bond acceptors (Lipinski definition) is 2. The highest BCUT2D eigenvalue weighted by molar-refractivity contribution is 5.32. The van der Waals surface area contributed by atoms with E-state index in [1.807, 2.05) is 6.92 Å². The van der Waals surface area contributed by atoms with Crippen LogP contribution in [-0.2, 0) is 6.54 Å². The molecule has 3 nitrogen and oxygen atoms in total. The van der Waals surface area contributed by atoms with Crippen LogP contribution in [0, 0.1) is 6.92 Å². The van der Waals surface area contributed by atoms with E-state index in [2.05, 4.69) is 5.10 Å². The third-order valence-corrected chi connectivity index (χ3v) is 2.50. The first-order chi connectivity index (χ1) is 8.06. The Kier molecular flexibility index (Phi) is 3.08. The van der Waals surface area contributed by atoms with E-state index in [0.717, 1.165) is 11.3 Å². The molecular weight excluding hydrogens is 224 g/mol. The molecule has 1 aromatic heterocycles. The van der Waals surface area contributed by atoms with Gasteiger partial charge in [-0.15, -0.1) is 0 Å². The summed E-state index contributed by atoms with van der Waals surface area (Å²) in [5.41, 5.74) is 7.51. The predicted octanol–water partition coefficient (Wildman–Crippen LogP) is 2.76. The van der Waals surface area contributed by atoms with E-state index in [9.17, 15) is 8.78 Å². The Morgan fingerprint density at radius 3 is 2.41 bits per heavy atom. The summed E-state index contributed by atoms with van der Waals surface area (Å²) < 4.78 is 26.4. The summed E-state index contributed by atoms with van der Waals surface area (Å²) in [4.78, 5) is 0. The van der Waals surface area contributed by atoms with Gasteiger partial charge in [0.15, 0.2) is 0 Å². The summed E-state index contributed by atoms with van der Waals surface area (Å²) in [5.74, 6) is 0.570. The Bertz CT molecular complexity index is 503. The second kappa shape index (κ2) is 4.53. The van der Waals surface area contributed by atoms with Crippen LogP contribution in [0.5, 0.6) is 0 Å². The van der Waals surface area contributed by atoms with E-state index in [4.69, 9.17) is 5.73 Å². The standard InChI is InChI=1S/C12H13F2N3/c1-8-6-11(15)17(16-8)7-9-2-4-10(5-3-9)12(13)14/h2-6,12H,7,15H2,1H3. The maximum Gasteiger partial charge on any atom is 0.263 e. The van der Waals surface area contributed by atoms with Crippen molar-refractivity contribution in [3.63, 3.8) is 0 Å². The molecule has 0 fully saturated rings. The van der Waals surface area contributed by atoms with Crippen molar-refractivity contribution in [2.45, 2.75) is 19.9 Å².